The van der Waals surface area contributed by atoms with Gasteiger partial charge < -0.3 is 5.32 Å². The zero-order chi connectivity index (χ0) is 15.2. The van der Waals surface area contributed by atoms with Crippen molar-refractivity contribution < 1.29 is 0 Å². The Morgan fingerprint density at radius 2 is 1.81 bits per heavy atom. The van der Waals surface area contributed by atoms with E-state index in [1.54, 1.807) is 11.8 Å². The molecule has 0 radical (unpaired) electrons. The van der Waals surface area contributed by atoms with Gasteiger partial charge in [0.2, 0.25) is 0 Å². The van der Waals surface area contributed by atoms with E-state index in [1.165, 1.54) is 10.5 Å². The van der Waals surface area contributed by atoms with Crippen LogP contribution in [-0.2, 0) is 6.42 Å². The van der Waals surface area contributed by atoms with Gasteiger partial charge in [0.15, 0.2) is 0 Å². The molecule has 2 rings (SSSR count). The van der Waals surface area contributed by atoms with Crippen molar-refractivity contribution in [1.82, 2.24) is 5.32 Å². The van der Waals surface area contributed by atoms with Crippen LogP contribution in [0.4, 0.5) is 0 Å². The SMILES string of the molecule is CCNC(Cc1cc(Cl)ccc1Cl)c1ccc(SC)cc1. The highest BCUT2D eigenvalue weighted by Crippen LogP contribution is 2.27. The molecule has 0 amide bonds. The first-order valence-electron chi connectivity index (χ1n) is 6.95. The van der Waals surface area contributed by atoms with E-state index in [2.05, 4.69) is 42.8 Å². The molecular formula is C17H19Cl2NS. The summed E-state index contributed by atoms with van der Waals surface area (Å²) in [5, 5.41) is 5.01. The topological polar surface area (TPSA) is 12.0 Å². The van der Waals surface area contributed by atoms with Gasteiger partial charge in [-0.25, -0.2) is 0 Å². The van der Waals surface area contributed by atoms with Crippen molar-refractivity contribution >= 4 is 35.0 Å². The molecule has 1 unspecified atom stereocenters. The molecular weight excluding hydrogens is 321 g/mol. The van der Waals surface area contributed by atoms with Gasteiger partial charge in [0.25, 0.3) is 0 Å². The fourth-order valence-corrected chi connectivity index (χ4v) is 3.11. The number of rotatable bonds is 6. The number of hydrogen-bond acceptors (Lipinski definition) is 2. The molecule has 0 aliphatic rings. The summed E-state index contributed by atoms with van der Waals surface area (Å²) in [5.41, 5.74) is 2.34. The number of halogens is 2. The van der Waals surface area contributed by atoms with Crippen LogP contribution in [-0.4, -0.2) is 12.8 Å². The molecule has 2 aromatic rings. The quantitative estimate of drug-likeness (QED) is 0.686. The van der Waals surface area contributed by atoms with Crippen molar-refractivity contribution in [3.8, 4) is 0 Å². The lowest BCUT2D eigenvalue weighted by molar-refractivity contribution is 0.549. The minimum absolute atomic E-state index is 0.238. The minimum atomic E-state index is 0.238. The van der Waals surface area contributed by atoms with Crippen LogP contribution in [0.2, 0.25) is 10.0 Å². The second-order valence-electron chi connectivity index (χ2n) is 4.82. The fourth-order valence-electron chi connectivity index (χ4n) is 2.31. The molecule has 112 valence electrons. The Hall–Kier alpha value is -0.670. The van der Waals surface area contributed by atoms with Gasteiger partial charge in [-0.1, -0.05) is 42.3 Å². The van der Waals surface area contributed by atoms with Crippen LogP contribution in [0.3, 0.4) is 0 Å². The number of hydrogen-bond donors (Lipinski definition) is 1. The van der Waals surface area contributed by atoms with Crippen molar-refractivity contribution in [2.75, 3.05) is 12.8 Å². The lowest BCUT2D eigenvalue weighted by Gasteiger charge is -2.19. The number of benzene rings is 2. The molecule has 0 spiro atoms. The highest BCUT2D eigenvalue weighted by atomic mass is 35.5. The minimum Gasteiger partial charge on any atom is -0.310 e. The average Bonchev–Trinajstić information content (AvgIpc) is 2.50. The second-order valence-corrected chi connectivity index (χ2v) is 6.55. The van der Waals surface area contributed by atoms with Crippen LogP contribution in [0.15, 0.2) is 47.4 Å². The molecule has 0 heterocycles. The van der Waals surface area contributed by atoms with Crippen molar-refractivity contribution in [1.29, 1.82) is 0 Å². The van der Waals surface area contributed by atoms with Crippen LogP contribution in [0, 0.1) is 0 Å². The van der Waals surface area contributed by atoms with Crippen LogP contribution in [0.25, 0.3) is 0 Å². The first-order chi connectivity index (χ1) is 10.1. The molecule has 4 heteroatoms. The third kappa shape index (κ3) is 4.65. The van der Waals surface area contributed by atoms with E-state index in [4.69, 9.17) is 23.2 Å². The summed E-state index contributed by atoms with van der Waals surface area (Å²) >= 11 is 14.1. The van der Waals surface area contributed by atoms with E-state index in [9.17, 15) is 0 Å². The highest BCUT2D eigenvalue weighted by molar-refractivity contribution is 7.98. The Morgan fingerprint density at radius 3 is 2.43 bits per heavy atom. The maximum atomic E-state index is 6.29. The third-order valence-corrected chi connectivity index (χ3v) is 4.75. The summed E-state index contributed by atoms with van der Waals surface area (Å²) in [5.74, 6) is 0. The normalized spacial score (nSPS) is 12.4. The maximum absolute atomic E-state index is 6.29. The molecule has 21 heavy (non-hydrogen) atoms. The van der Waals surface area contributed by atoms with Crippen LogP contribution >= 0.6 is 35.0 Å². The summed E-state index contributed by atoms with van der Waals surface area (Å²) < 4.78 is 0. The summed E-state index contributed by atoms with van der Waals surface area (Å²) in [6.07, 6.45) is 2.91. The molecule has 0 fully saturated rings. The number of thioether (sulfide) groups is 1. The van der Waals surface area contributed by atoms with Crippen LogP contribution in [0.5, 0.6) is 0 Å². The van der Waals surface area contributed by atoms with E-state index in [0.717, 1.165) is 28.6 Å². The summed E-state index contributed by atoms with van der Waals surface area (Å²) in [6, 6.07) is 14.5. The Balaban J connectivity index is 2.23. The largest absolute Gasteiger partial charge is 0.310 e. The smallest absolute Gasteiger partial charge is 0.0439 e. The first kappa shape index (κ1) is 16.7. The highest BCUT2D eigenvalue weighted by Gasteiger charge is 2.13. The van der Waals surface area contributed by atoms with Crippen LogP contribution < -0.4 is 5.32 Å². The average molecular weight is 340 g/mol. The van der Waals surface area contributed by atoms with Gasteiger partial charge in [-0.15, -0.1) is 11.8 Å². The lowest BCUT2D eigenvalue weighted by atomic mass is 9.99. The molecule has 0 saturated heterocycles. The molecule has 2 aromatic carbocycles. The Bertz CT molecular complexity index is 584. The Kier molecular flexibility index (Phi) is 6.43. The third-order valence-electron chi connectivity index (χ3n) is 3.40. The predicted octanol–water partition coefficient (Wildman–Crippen LogP) is 5.61. The lowest BCUT2D eigenvalue weighted by Crippen LogP contribution is -2.23. The van der Waals surface area contributed by atoms with Gasteiger partial charge in [0.05, 0.1) is 0 Å². The van der Waals surface area contributed by atoms with Crippen molar-refractivity contribution in [2.45, 2.75) is 24.3 Å². The van der Waals surface area contributed by atoms with Gasteiger partial charge in [0.1, 0.15) is 0 Å². The second kappa shape index (κ2) is 8.09. The zero-order valence-corrected chi connectivity index (χ0v) is 14.5. The molecule has 0 bridgehead atoms. The Labute approximate surface area is 141 Å². The summed E-state index contributed by atoms with van der Waals surface area (Å²) in [6.45, 7) is 3.02. The van der Waals surface area contributed by atoms with E-state index >= 15 is 0 Å². The van der Waals surface area contributed by atoms with Gasteiger partial charge in [-0.3, -0.25) is 0 Å². The van der Waals surface area contributed by atoms with E-state index in [1.807, 2.05) is 18.2 Å². The maximum Gasteiger partial charge on any atom is 0.0439 e. The molecule has 0 aromatic heterocycles. The van der Waals surface area contributed by atoms with E-state index in [0.29, 0.717) is 0 Å². The van der Waals surface area contributed by atoms with Crippen molar-refractivity contribution in [2.24, 2.45) is 0 Å². The molecule has 0 aliphatic carbocycles. The van der Waals surface area contributed by atoms with Crippen molar-refractivity contribution in [3.05, 3.63) is 63.6 Å². The molecule has 0 saturated carbocycles. The standard InChI is InChI=1S/C17H19Cl2NS/c1-3-20-17(12-4-7-15(21-2)8-5-12)11-13-10-14(18)6-9-16(13)19/h4-10,17,20H,3,11H2,1-2H3. The van der Waals surface area contributed by atoms with Crippen LogP contribution in [0.1, 0.15) is 24.1 Å². The molecule has 1 nitrogen and oxygen atoms in total. The predicted molar refractivity (Wildman–Crippen MR) is 94.8 cm³/mol. The molecule has 1 N–H and O–H groups in total. The van der Waals surface area contributed by atoms with Gasteiger partial charge in [0, 0.05) is 21.0 Å². The Morgan fingerprint density at radius 1 is 1.10 bits per heavy atom. The first-order valence-corrected chi connectivity index (χ1v) is 8.93. The fraction of sp³-hybridized carbons (Fsp3) is 0.294. The zero-order valence-electron chi connectivity index (χ0n) is 12.2. The van der Waals surface area contributed by atoms with Crippen molar-refractivity contribution in [3.63, 3.8) is 0 Å². The van der Waals surface area contributed by atoms with E-state index < -0.39 is 0 Å². The molecule has 1 atom stereocenters. The number of nitrogens with one attached hydrogen (secondary N) is 1. The van der Waals surface area contributed by atoms with Gasteiger partial charge >= 0.3 is 0 Å². The molecule has 0 aliphatic heterocycles. The summed E-state index contributed by atoms with van der Waals surface area (Å²) in [4.78, 5) is 1.27. The van der Waals surface area contributed by atoms with Gasteiger partial charge in [-0.05, 0) is 60.7 Å². The monoisotopic (exact) mass is 339 g/mol. The van der Waals surface area contributed by atoms with E-state index in [-0.39, 0.29) is 6.04 Å². The number of likely N-dealkylation sites (N-methyl/N-ethyl adjacent to an activating group) is 1. The van der Waals surface area contributed by atoms with Gasteiger partial charge in [-0.2, -0.15) is 0 Å². The summed E-state index contributed by atoms with van der Waals surface area (Å²) in [7, 11) is 0.